The van der Waals surface area contributed by atoms with Gasteiger partial charge in [0, 0.05) is 42.9 Å². The van der Waals surface area contributed by atoms with Gasteiger partial charge in [-0.3, -0.25) is 10.00 Å². The molecule has 1 aliphatic rings. The first-order chi connectivity index (χ1) is 8.72. The van der Waals surface area contributed by atoms with Crippen LogP contribution in [0.1, 0.15) is 16.8 Å². The number of hydrogen-bond acceptors (Lipinski definition) is 4. The number of anilines is 1. The van der Waals surface area contributed by atoms with Gasteiger partial charge in [-0.2, -0.15) is 5.10 Å². The van der Waals surface area contributed by atoms with E-state index in [1.165, 1.54) is 11.3 Å². The van der Waals surface area contributed by atoms with E-state index in [2.05, 4.69) is 36.0 Å². The molecule has 0 saturated heterocycles. The number of nitrogens with two attached hydrogens (primary N) is 1. The molecule has 18 heavy (non-hydrogen) atoms. The van der Waals surface area contributed by atoms with Crippen molar-refractivity contribution in [1.29, 1.82) is 0 Å². The molecule has 0 saturated carbocycles. The molecule has 0 fully saturated rings. The number of halogens is 1. The van der Waals surface area contributed by atoms with Crippen molar-refractivity contribution in [3.63, 3.8) is 0 Å². The summed E-state index contributed by atoms with van der Waals surface area (Å²) in [4.78, 5) is 6.58. The van der Waals surface area contributed by atoms with Gasteiger partial charge < -0.3 is 5.73 Å². The third kappa shape index (κ3) is 2.26. The first kappa shape index (κ1) is 11.7. The first-order valence-electron chi connectivity index (χ1n) is 5.87. The van der Waals surface area contributed by atoms with E-state index < -0.39 is 0 Å². The maximum Gasteiger partial charge on any atom is 0.129 e. The summed E-state index contributed by atoms with van der Waals surface area (Å²) < 4.78 is 0.777. The van der Waals surface area contributed by atoms with Crippen molar-refractivity contribution < 1.29 is 0 Å². The molecular formula is C12H14BrN5. The summed E-state index contributed by atoms with van der Waals surface area (Å²) in [6, 6.07) is 3.95. The maximum atomic E-state index is 5.93. The molecule has 1 aliphatic heterocycles. The predicted molar refractivity (Wildman–Crippen MR) is 72.8 cm³/mol. The van der Waals surface area contributed by atoms with E-state index in [4.69, 9.17) is 5.73 Å². The molecule has 94 valence electrons. The minimum Gasteiger partial charge on any atom is -0.383 e. The van der Waals surface area contributed by atoms with Crippen molar-refractivity contribution in [3.05, 3.63) is 39.8 Å². The number of pyridine rings is 1. The fraction of sp³-hybridized carbons (Fsp3) is 0.333. The zero-order valence-electron chi connectivity index (χ0n) is 9.86. The Morgan fingerprint density at radius 1 is 1.44 bits per heavy atom. The fourth-order valence-corrected chi connectivity index (χ4v) is 2.59. The summed E-state index contributed by atoms with van der Waals surface area (Å²) in [5.41, 5.74) is 9.54. The molecular weight excluding hydrogens is 294 g/mol. The highest BCUT2D eigenvalue weighted by molar-refractivity contribution is 9.10. The van der Waals surface area contributed by atoms with E-state index in [9.17, 15) is 0 Å². The lowest BCUT2D eigenvalue weighted by Gasteiger charge is -2.26. The highest BCUT2D eigenvalue weighted by Gasteiger charge is 2.18. The van der Waals surface area contributed by atoms with Crippen LogP contribution in [0, 0.1) is 0 Å². The van der Waals surface area contributed by atoms with Crippen LogP contribution < -0.4 is 5.73 Å². The quantitative estimate of drug-likeness (QED) is 0.829. The number of rotatable bonds is 2. The third-order valence-corrected chi connectivity index (χ3v) is 3.69. The average Bonchev–Trinajstić information content (AvgIpc) is 2.80. The number of nitrogens with zero attached hydrogens (tertiary/aromatic N) is 3. The largest absolute Gasteiger partial charge is 0.383 e. The maximum absolute atomic E-state index is 5.93. The van der Waals surface area contributed by atoms with Crippen LogP contribution in [0.2, 0.25) is 0 Å². The monoisotopic (exact) mass is 307 g/mol. The molecule has 0 aliphatic carbocycles. The highest BCUT2D eigenvalue weighted by atomic mass is 79.9. The van der Waals surface area contributed by atoms with Crippen molar-refractivity contribution in [1.82, 2.24) is 20.1 Å². The number of nitrogens with one attached hydrogen (secondary N) is 1. The van der Waals surface area contributed by atoms with Crippen LogP contribution >= 0.6 is 15.9 Å². The van der Waals surface area contributed by atoms with E-state index in [1.54, 1.807) is 0 Å². The van der Waals surface area contributed by atoms with Gasteiger partial charge in [-0.15, -0.1) is 0 Å². The number of hydrogen-bond donors (Lipinski definition) is 2. The number of aromatic amines is 1. The van der Waals surface area contributed by atoms with Crippen LogP contribution in [0.3, 0.4) is 0 Å². The number of fused-ring (bicyclic) bond motifs is 1. The van der Waals surface area contributed by atoms with E-state index in [1.807, 2.05) is 18.3 Å². The predicted octanol–water partition coefficient (Wildman–Crippen LogP) is 1.71. The Bertz CT molecular complexity index is 565. The Labute approximate surface area is 114 Å². The third-order valence-electron chi connectivity index (χ3n) is 3.25. The second kappa shape index (κ2) is 4.70. The molecule has 0 bridgehead atoms. The molecule has 3 rings (SSSR count). The Kier molecular flexibility index (Phi) is 3.05. The van der Waals surface area contributed by atoms with Gasteiger partial charge in [0.1, 0.15) is 10.4 Å². The van der Waals surface area contributed by atoms with Gasteiger partial charge in [-0.05, 0) is 22.0 Å². The molecule has 0 atom stereocenters. The summed E-state index contributed by atoms with van der Waals surface area (Å²) in [5.74, 6) is 0.599. The van der Waals surface area contributed by atoms with E-state index in [0.29, 0.717) is 5.82 Å². The molecule has 5 nitrogen and oxygen atoms in total. The number of H-pyrrole nitrogens is 1. The molecule has 0 aromatic carbocycles. The van der Waals surface area contributed by atoms with Gasteiger partial charge in [0.15, 0.2) is 0 Å². The van der Waals surface area contributed by atoms with Crippen LogP contribution in [0.25, 0.3) is 0 Å². The van der Waals surface area contributed by atoms with Gasteiger partial charge in [0.2, 0.25) is 0 Å². The number of nitrogen functional groups attached to an aromatic ring is 1. The summed E-state index contributed by atoms with van der Waals surface area (Å²) >= 11 is 3.32. The van der Waals surface area contributed by atoms with E-state index in [-0.39, 0.29) is 0 Å². The Morgan fingerprint density at radius 3 is 3.17 bits per heavy atom. The van der Waals surface area contributed by atoms with Crippen molar-refractivity contribution in [3.8, 4) is 0 Å². The van der Waals surface area contributed by atoms with Crippen LogP contribution in [0.4, 0.5) is 5.82 Å². The molecule has 3 heterocycles. The summed E-state index contributed by atoms with van der Waals surface area (Å²) in [5, 5.41) is 7.12. The van der Waals surface area contributed by atoms with Crippen molar-refractivity contribution in [2.45, 2.75) is 19.5 Å². The molecule has 3 N–H and O–H groups in total. The van der Waals surface area contributed by atoms with Crippen LogP contribution in [-0.4, -0.2) is 26.6 Å². The smallest absolute Gasteiger partial charge is 0.129 e. The standard InChI is InChI=1S/C12H14BrN5/c13-11-2-1-8(12(14)16-11)6-18-4-3-10-9(7-18)5-15-17-10/h1-2,5H,3-4,6-7H2,(H2,14,16)(H,15,17). The zero-order chi connectivity index (χ0) is 12.5. The van der Waals surface area contributed by atoms with Crippen LogP contribution in [-0.2, 0) is 19.5 Å². The van der Waals surface area contributed by atoms with Crippen LogP contribution in [0.15, 0.2) is 22.9 Å². The molecule has 0 spiro atoms. The molecule has 0 amide bonds. The topological polar surface area (TPSA) is 70.8 Å². The molecule has 6 heteroatoms. The second-order valence-corrected chi connectivity index (χ2v) is 5.33. The van der Waals surface area contributed by atoms with Gasteiger partial charge in [-0.1, -0.05) is 6.07 Å². The van der Waals surface area contributed by atoms with Gasteiger partial charge in [0.25, 0.3) is 0 Å². The lowest BCUT2D eigenvalue weighted by molar-refractivity contribution is 0.245. The van der Waals surface area contributed by atoms with Crippen molar-refractivity contribution >= 4 is 21.7 Å². The first-order valence-corrected chi connectivity index (χ1v) is 6.66. The molecule has 0 unspecified atom stereocenters. The number of aromatic nitrogens is 3. The van der Waals surface area contributed by atoms with E-state index >= 15 is 0 Å². The Balaban J connectivity index is 1.74. The summed E-state index contributed by atoms with van der Waals surface area (Å²) in [7, 11) is 0. The van der Waals surface area contributed by atoms with Gasteiger partial charge >= 0.3 is 0 Å². The highest BCUT2D eigenvalue weighted by Crippen LogP contribution is 2.21. The minimum atomic E-state index is 0.599. The SMILES string of the molecule is Nc1nc(Br)ccc1CN1CCc2[nH]ncc2C1. The fourth-order valence-electron chi connectivity index (χ4n) is 2.27. The van der Waals surface area contributed by atoms with Gasteiger partial charge in [0.05, 0.1) is 6.20 Å². The molecule has 0 radical (unpaired) electrons. The molecule has 2 aromatic rings. The van der Waals surface area contributed by atoms with E-state index in [0.717, 1.165) is 36.2 Å². The Morgan fingerprint density at radius 2 is 2.33 bits per heavy atom. The van der Waals surface area contributed by atoms with Crippen LogP contribution in [0.5, 0.6) is 0 Å². The normalized spacial score (nSPS) is 15.6. The second-order valence-electron chi connectivity index (χ2n) is 4.51. The molecule has 2 aromatic heterocycles. The summed E-state index contributed by atoms with van der Waals surface area (Å²) in [6.45, 7) is 2.77. The lowest BCUT2D eigenvalue weighted by atomic mass is 10.1. The average molecular weight is 308 g/mol. The van der Waals surface area contributed by atoms with Crippen molar-refractivity contribution in [2.75, 3.05) is 12.3 Å². The van der Waals surface area contributed by atoms with Crippen molar-refractivity contribution in [2.24, 2.45) is 0 Å². The summed E-state index contributed by atoms with van der Waals surface area (Å²) in [6.07, 6.45) is 2.92. The minimum absolute atomic E-state index is 0.599. The lowest BCUT2D eigenvalue weighted by Crippen LogP contribution is -2.30. The zero-order valence-corrected chi connectivity index (χ0v) is 11.4. The Hall–Kier alpha value is -1.40. The van der Waals surface area contributed by atoms with Gasteiger partial charge in [-0.25, -0.2) is 4.98 Å².